The van der Waals surface area contributed by atoms with E-state index in [1.54, 1.807) is 18.9 Å². The van der Waals surface area contributed by atoms with Gasteiger partial charge in [0, 0.05) is 11.3 Å². The van der Waals surface area contributed by atoms with Gasteiger partial charge in [-0.1, -0.05) is 6.07 Å². The van der Waals surface area contributed by atoms with Crippen molar-refractivity contribution in [3.8, 4) is 17.2 Å². The van der Waals surface area contributed by atoms with Crippen molar-refractivity contribution in [1.82, 2.24) is 25.5 Å². The van der Waals surface area contributed by atoms with Crippen molar-refractivity contribution in [2.24, 2.45) is 0 Å². The van der Waals surface area contributed by atoms with Crippen LogP contribution in [0.25, 0.3) is 5.69 Å². The van der Waals surface area contributed by atoms with Gasteiger partial charge >= 0.3 is 6.03 Å². The van der Waals surface area contributed by atoms with Crippen molar-refractivity contribution in [2.45, 2.75) is 19.9 Å². The van der Waals surface area contributed by atoms with E-state index in [4.69, 9.17) is 9.47 Å². The number of nitrogens with one attached hydrogen (secondary N) is 2. The van der Waals surface area contributed by atoms with Gasteiger partial charge < -0.3 is 20.1 Å². The van der Waals surface area contributed by atoms with E-state index in [1.165, 1.54) is 6.33 Å². The molecule has 0 aliphatic heterocycles. The molecule has 9 nitrogen and oxygen atoms in total. The molecule has 0 saturated heterocycles. The normalized spacial score (nSPS) is 11.6. The summed E-state index contributed by atoms with van der Waals surface area (Å²) in [6.07, 6.45) is 1.50. The van der Waals surface area contributed by atoms with E-state index in [0.717, 1.165) is 16.8 Å². The number of tetrazole rings is 1. The summed E-state index contributed by atoms with van der Waals surface area (Å²) in [5.41, 5.74) is 3.20. The maximum Gasteiger partial charge on any atom is 0.319 e. The summed E-state index contributed by atoms with van der Waals surface area (Å²) in [4.78, 5) is 12.5. The fourth-order valence-electron chi connectivity index (χ4n) is 2.83. The highest BCUT2D eigenvalue weighted by Gasteiger charge is 2.16. The quantitative estimate of drug-likeness (QED) is 0.679. The first kappa shape index (κ1) is 19.2. The van der Waals surface area contributed by atoms with Crippen LogP contribution in [0.5, 0.6) is 11.5 Å². The second-order valence-corrected chi connectivity index (χ2v) is 6.18. The molecule has 2 amide bonds. The summed E-state index contributed by atoms with van der Waals surface area (Å²) in [6.45, 7) is 3.82. The molecule has 28 heavy (non-hydrogen) atoms. The molecule has 146 valence electrons. The third-order valence-corrected chi connectivity index (χ3v) is 4.31. The fraction of sp³-hybridized carbons (Fsp3) is 0.263. The molecule has 1 aromatic heterocycles. The van der Waals surface area contributed by atoms with E-state index in [-0.39, 0.29) is 12.1 Å². The molecule has 0 aliphatic carbocycles. The van der Waals surface area contributed by atoms with Crippen molar-refractivity contribution in [2.75, 3.05) is 19.5 Å². The summed E-state index contributed by atoms with van der Waals surface area (Å²) >= 11 is 0. The van der Waals surface area contributed by atoms with E-state index >= 15 is 0 Å². The number of urea groups is 1. The van der Waals surface area contributed by atoms with Gasteiger partial charge in [0.1, 0.15) is 17.8 Å². The molecule has 2 N–H and O–H groups in total. The average Bonchev–Trinajstić information content (AvgIpc) is 3.23. The van der Waals surface area contributed by atoms with Crippen LogP contribution in [0.1, 0.15) is 24.1 Å². The predicted octanol–water partition coefficient (Wildman–Crippen LogP) is 2.87. The summed E-state index contributed by atoms with van der Waals surface area (Å²) in [6, 6.07) is 10.3. The van der Waals surface area contributed by atoms with Crippen LogP contribution < -0.4 is 20.1 Å². The molecule has 3 aromatic rings. The Kier molecular flexibility index (Phi) is 5.73. The molecule has 0 radical (unpaired) electrons. The maximum absolute atomic E-state index is 12.5. The summed E-state index contributed by atoms with van der Waals surface area (Å²) in [7, 11) is 3.18. The number of hydrogen-bond acceptors (Lipinski definition) is 6. The largest absolute Gasteiger partial charge is 0.497 e. The second kappa shape index (κ2) is 8.38. The molecular formula is C19H22N6O3. The molecule has 1 heterocycles. The third-order valence-electron chi connectivity index (χ3n) is 4.31. The molecule has 1 atom stereocenters. The third kappa shape index (κ3) is 4.20. The maximum atomic E-state index is 12.5. The van der Waals surface area contributed by atoms with E-state index in [2.05, 4.69) is 26.2 Å². The van der Waals surface area contributed by atoms with Crippen molar-refractivity contribution in [3.05, 3.63) is 53.9 Å². The average molecular weight is 382 g/mol. The molecule has 0 bridgehead atoms. The lowest BCUT2D eigenvalue weighted by molar-refractivity contribution is 0.249. The monoisotopic (exact) mass is 382 g/mol. The van der Waals surface area contributed by atoms with Crippen LogP contribution in [-0.4, -0.2) is 40.5 Å². The van der Waals surface area contributed by atoms with Gasteiger partial charge in [0.2, 0.25) is 0 Å². The number of ether oxygens (including phenoxy) is 2. The van der Waals surface area contributed by atoms with Gasteiger partial charge in [-0.05, 0) is 60.2 Å². The SMILES string of the molecule is COc1ccc(OC)c([C@@H](C)NC(=O)Nc2ccc(C)c(-n3cnnn3)c2)c1. The molecule has 0 unspecified atom stereocenters. The molecule has 9 heteroatoms. The highest BCUT2D eigenvalue weighted by atomic mass is 16.5. The molecule has 0 spiro atoms. The van der Waals surface area contributed by atoms with Gasteiger partial charge in [0.25, 0.3) is 0 Å². The van der Waals surface area contributed by atoms with E-state index < -0.39 is 0 Å². The molecule has 2 aromatic carbocycles. The first-order valence-corrected chi connectivity index (χ1v) is 8.65. The van der Waals surface area contributed by atoms with Crippen molar-refractivity contribution in [1.29, 1.82) is 0 Å². The zero-order chi connectivity index (χ0) is 20.1. The Bertz CT molecular complexity index is 958. The first-order chi connectivity index (χ1) is 13.5. The second-order valence-electron chi connectivity index (χ2n) is 6.18. The van der Waals surface area contributed by atoms with Crippen LogP contribution in [0.2, 0.25) is 0 Å². The Labute approximate surface area is 162 Å². The number of aryl methyl sites for hydroxylation is 1. The lowest BCUT2D eigenvalue weighted by atomic mass is 10.1. The van der Waals surface area contributed by atoms with Crippen LogP contribution in [0.4, 0.5) is 10.5 Å². The van der Waals surface area contributed by atoms with Gasteiger partial charge in [0.15, 0.2) is 0 Å². The number of methoxy groups -OCH3 is 2. The number of amides is 2. The molecular weight excluding hydrogens is 360 g/mol. The Balaban J connectivity index is 1.73. The summed E-state index contributed by atoms with van der Waals surface area (Å²) in [5.74, 6) is 1.36. The van der Waals surface area contributed by atoms with Gasteiger partial charge in [-0.25, -0.2) is 9.48 Å². The minimum atomic E-state index is -0.344. The highest BCUT2D eigenvalue weighted by Crippen LogP contribution is 2.29. The van der Waals surface area contributed by atoms with E-state index in [9.17, 15) is 4.79 Å². The minimum absolute atomic E-state index is 0.297. The van der Waals surface area contributed by atoms with Crippen molar-refractivity contribution in [3.63, 3.8) is 0 Å². The lowest BCUT2D eigenvalue weighted by Crippen LogP contribution is -2.31. The molecule has 3 rings (SSSR count). The molecule has 0 saturated carbocycles. The lowest BCUT2D eigenvalue weighted by Gasteiger charge is -2.19. The smallest absolute Gasteiger partial charge is 0.319 e. The topological polar surface area (TPSA) is 103 Å². The van der Waals surface area contributed by atoms with E-state index in [0.29, 0.717) is 17.2 Å². The molecule has 0 aliphatic rings. The van der Waals surface area contributed by atoms with Crippen LogP contribution in [-0.2, 0) is 0 Å². The zero-order valence-electron chi connectivity index (χ0n) is 16.1. The predicted molar refractivity (Wildman–Crippen MR) is 104 cm³/mol. The zero-order valence-corrected chi connectivity index (χ0v) is 16.1. The summed E-state index contributed by atoms with van der Waals surface area (Å²) in [5, 5.41) is 16.9. The Morgan fingerprint density at radius 1 is 1.14 bits per heavy atom. The number of nitrogens with zero attached hydrogens (tertiary/aromatic N) is 4. The number of rotatable bonds is 6. The van der Waals surface area contributed by atoms with Crippen molar-refractivity contribution >= 4 is 11.7 Å². The first-order valence-electron chi connectivity index (χ1n) is 8.65. The van der Waals surface area contributed by atoms with Gasteiger partial charge in [0.05, 0.1) is 25.9 Å². The van der Waals surface area contributed by atoms with E-state index in [1.807, 2.05) is 50.2 Å². The Morgan fingerprint density at radius 2 is 1.96 bits per heavy atom. The summed E-state index contributed by atoms with van der Waals surface area (Å²) < 4.78 is 12.2. The fourth-order valence-corrected chi connectivity index (χ4v) is 2.83. The molecule has 0 fully saturated rings. The van der Waals surface area contributed by atoms with Crippen LogP contribution in [0.3, 0.4) is 0 Å². The number of anilines is 1. The Hall–Kier alpha value is -3.62. The number of hydrogen-bond donors (Lipinski definition) is 2. The minimum Gasteiger partial charge on any atom is -0.497 e. The highest BCUT2D eigenvalue weighted by molar-refractivity contribution is 5.90. The number of aromatic nitrogens is 4. The van der Waals surface area contributed by atoms with Crippen molar-refractivity contribution < 1.29 is 14.3 Å². The van der Waals surface area contributed by atoms with Gasteiger partial charge in [-0.15, -0.1) is 5.10 Å². The van der Waals surface area contributed by atoms with Gasteiger partial charge in [-0.3, -0.25) is 0 Å². The Morgan fingerprint density at radius 3 is 2.64 bits per heavy atom. The van der Waals surface area contributed by atoms with Crippen LogP contribution >= 0.6 is 0 Å². The standard InChI is InChI=1S/C19H22N6O3/c1-12-5-6-14(9-17(12)25-11-20-23-24-25)22-19(26)21-13(2)16-10-15(27-3)7-8-18(16)28-4/h5-11,13H,1-4H3,(H2,21,22,26)/t13-/m1/s1. The van der Waals surface area contributed by atoms with Gasteiger partial charge in [-0.2, -0.15) is 0 Å². The number of carbonyl (C=O) groups excluding carboxylic acids is 1. The number of carbonyl (C=O) groups is 1. The van der Waals surface area contributed by atoms with Crippen LogP contribution in [0, 0.1) is 6.92 Å². The number of benzene rings is 2. The van der Waals surface area contributed by atoms with Crippen LogP contribution in [0.15, 0.2) is 42.7 Å².